The van der Waals surface area contributed by atoms with Crippen molar-refractivity contribution in [3.63, 3.8) is 0 Å². The molecular weight excluding hydrogens is 436 g/mol. The van der Waals surface area contributed by atoms with Crippen molar-refractivity contribution in [3.05, 3.63) is 35.1 Å². The summed E-state index contributed by atoms with van der Waals surface area (Å²) in [6.07, 6.45) is 0.456. The summed E-state index contributed by atoms with van der Waals surface area (Å²) in [5, 5.41) is 21.5. The summed E-state index contributed by atoms with van der Waals surface area (Å²) in [6, 6.07) is 7.52. The van der Waals surface area contributed by atoms with Gasteiger partial charge in [-0.2, -0.15) is 0 Å². The number of nitrogens with zero attached hydrogens (tertiary/aromatic N) is 5. The Morgan fingerprint density at radius 3 is 2.65 bits per heavy atom. The first-order valence-corrected chi connectivity index (χ1v) is 11.7. The van der Waals surface area contributed by atoms with Crippen LogP contribution in [0.15, 0.2) is 29.4 Å². The monoisotopic (exact) mass is 462 g/mol. The Hall–Kier alpha value is -2.66. The largest absolute Gasteiger partial charge is 0.497 e. The van der Waals surface area contributed by atoms with Crippen molar-refractivity contribution in [2.75, 3.05) is 18.2 Å². The molecule has 1 N–H and O–H groups in total. The molecule has 166 valence electrons. The molecule has 1 unspecified atom stereocenters. The van der Waals surface area contributed by atoms with E-state index in [0.29, 0.717) is 21.9 Å². The number of rotatable bonds is 10. The third kappa shape index (κ3) is 5.95. The molecule has 2 heterocycles. The first-order valence-electron chi connectivity index (χ1n) is 9.91. The van der Waals surface area contributed by atoms with E-state index >= 15 is 0 Å². The van der Waals surface area contributed by atoms with Crippen LogP contribution in [-0.4, -0.2) is 43.7 Å². The average Bonchev–Trinajstić information content (AvgIpc) is 3.39. The molecule has 3 aromatic rings. The SMILES string of the molecule is CCc1nnc(NC(=O)CSc2nnc(C(C)Oc3cccc(OC)c3)n2C(C)C)s1. The molecule has 2 aromatic heterocycles. The first-order chi connectivity index (χ1) is 14.9. The number of carbonyl (C=O) groups excluding carboxylic acids is 1. The Balaban J connectivity index is 1.67. The number of amides is 1. The summed E-state index contributed by atoms with van der Waals surface area (Å²) in [7, 11) is 1.62. The standard InChI is InChI=1S/C20H26N6O3S2/c1-6-17-22-24-19(31-17)21-16(27)11-30-20-25-23-18(26(20)12(2)3)13(4)29-15-9-7-8-14(10-15)28-5/h7-10,12-13H,6,11H2,1-5H3,(H,21,24,27). The van der Waals surface area contributed by atoms with E-state index in [1.807, 2.05) is 56.5 Å². The zero-order chi connectivity index (χ0) is 22.4. The van der Waals surface area contributed by atoms with Gasteiger partial charge < -0.3 is 14.0 Å². The fraction of sp³-hybridized carbons (Fsp3) is 0.450. The maximum Gasteiger partial charge on any atom is 0.236 e. The minimum absolute atomic E-state index is 0.0993. The lowest BCUT2D eigenvalue weighted by molar-refractivity contribution is -0.113. The summed E-state index contributed by atoms with van der Waals surface area (Å²) in [5.41, 5.74) is 0. The van der Waals surface area contributed by atoms with Gasteiger partial charge in [0.05, 0.1) is 12.9 Å². The lowest BCUT2D eigenvalue weighted by Gasteiger charge is -2.19. The molecule has 3 rings (SSSR count). The second-order valence-electron chi connectivity index (χ2n) is 6.93. The number of aromatic nitrogens is 5. The van der Waals surface area contributed by atoms with Crippen LogP contribution in [0.2, 0.25) is 0 Å². The molecule has 0 saturated heterocycles. The average molecular weight is 463 g/mol. The molecule has 1 atom stereocenters. The topological polar surface area (TPSA) is 104 Å². The van der Waals surface area contributed by atoms with Gasteiger partial charge in [0.1, 0.15) is 16.5 Å². The van der Waals surface area contributed by atoms with Crippen LogP contribution in [0.25, 0.3) is 0 Å². The zero-order valence-electron chi connectivity index (χ0n) is 18.2. The van der Waals surface area contributed by atoms with Crippen LogP contribution >= 0.6 is 23.1 Å². The summed E-state index contributed by atoms with van der Waals surface area (Å²) in [4.78, 5) is 12.3. The van der Waals surface area contributed by atoms with E-state index in [1.165, 1.54) is 23.1 Å². The summed E-state index contributed by atoms with van der Waals surface area (Å²) < 4.78 is 13.3. The van der Waals surface area contributed by atoms with E-state index in [4.69, 9.17) is 9.47 Å². The Labute approximate surface area is 189 Å². The van der Waals surface area contributed by atoms with E-state index < -0.39 is 0 Å². The predicted molar refractivity (Wildman–Crippen MR) is 121 cm³/mol. The second-order valence-corrected chi connectivity index (χ2v) is 8.94. The van der Waals surface area contributed by atoms with Crippen LogP contribution in [0.4, 0.5) is 5.13 Å². The number of aryl methyl sites for hydroxylation is 1. The Bertz CT molecular complexity index is 1020. The van der Waals surface area contributed by atoms with Gasteiger partial charge in [0.2, 0.25) is 11.0 Å². The third-order valence-corrected chi connectivity index (χ3v) is 6.20. The van der Waals surface area contributed by atoms with E-state index in [-0.39, 0.29) is 23.8 Å². The normalized spacial score (nSPS) is 12.1. The van der Waals surface area contributed by atoms with Gasteiger partial charge in [0.25, 0.3) is 0 Å². The minimum Gasteiger partial charge on any atom is -0.497 e. The number of methoxy groups -OCH3 is 1. The highest BCUT2D eigenvalue weighted by molar-refractivity contribution is 7.99. The smallest absolute Gasteiger partial charge is 0.236 e. The molecule has 0 aliphatic heterocycles. The molecule has 9 nitrogen and oxygen atoms in total. The second kappa shape index (κ2) is 10.6. The summed E-state index contributed by atoms with van der Waals surface area (Å²) in [5.74, 6) is 2.12. The van der Waals surface area contributed by atoms with Gasteiger partial charge in [-0.25, -0.2) is 0 Å². The van der Waals surface area contributed by atoms with Gasteiger partial charge in [-0.1, -0.05) is 36.1 Å². The van der Waals surface area contributed by atoms with E-state index in [9.17, 15) is 4.79 Å². The number of hydrogen-bond acceptors (Lipinski definition) is 9. The molecule has 0 aliphatic rings. The molecule has 31 heavy (non-hydrogen) atoms. The number of benzene rings is 1. The van der Waals surface area contributed by atoms with Gasteiger partial charge in [-0.15, -0.1) is 20.4 Å². The van der Waals surface area contributed by atoms with Crippen molar-refractivity contribution >= 4 is 34.1 Å². The van der Waals surface area contributed by atoms with Gasteiger partial charge in [-0.05, 0) is 39.3 Å². The highest BCUT2D eigenvalue weighted by Crippen LogP contribution is 2.29. The van der Waals surface area contributed by atoms with Gasteiger partial charge in [-0.3, -0.25) is 10.1 Å². The quantitative estimate of drug-likeness (QED) is 0.448. The number of thioether (sulfide) groups is 1. The molecule has 1 amide bonds. The number of ether oxygens (including phenoxy) is 2. The number of hydrogen-bond donors (Lipinski definition) is 1. The highest BCUT2D eigenvalue weighted by atomic mass is 32.2. The lowest BCUT2D eigenvalue weighted by atomic mass is 10.3. The van der Waals surface area contributed by atoms with Crippen LogP contribution in [0, 0.1) is 0 Å². The summed E-state index contributed by atoms with van der Waals surface area (Å²) >= 11 is 2.70. The molecule has 0 fully saturated rings. The number of anilines is 1. The Kier molecular flexibility index (Phi) is 7.85. The van der Waals surface area contributed by atoms with Crippen LogP contribution < -0.4 is 14.8 Å². The van der Waals surface area contributed by atoms with E-state index in [2.05, 4.69) is 25.7 Å². The predicted octanol–water partition coefficient (Wildman–Crippen LogP) is 4.15. The van der Waals surface area contributed by atoms with Gasteiger partial charge >= 0.3 is 0 Å². The van der Waals surface area contributed by atoms with Crippen molar-refractivity contribution in [1.29, 1.82) is 0 Å². The maximum atomic E-state index is 12.3. The molecule has 0 saturated carbocycles. The van der Waals surface area contributed by atoms with Crippen molar-refractivity contribution < 1.29 is 14.3 Å². The minimum atomic E-state index is -0.334. The lowest BCUT2D eigenvalue weighted by Crippen LogP contribution is -2.16. The molecule has 1 aromatic carbocycles. The van der Waals surface area contributed by atoms with Crippen molar-refractivity contribution in [3.8, 4) is 11.5 Å². The molecule has 11 heteroatoms. The first kappa shape index (κ1) is 23.0. The van der Waals surface area contributed by atoms with E-state index in [0.717, 1.165) is 17.2 Å². The summed E-state index contributed by atoms with van der Waals surface area (Å²) in [6.45, 7) is 8.01. The van der Waals surface area contributed by atoms with Crippen molar-refractivity contribution in [1.82, 2.24) is 25.0 Å². The van der Waals surface area contributed by atoms with Crippen LogP contribution in [-0.2, 0) is 11.2 Å². The zero-order valence-corrected chi connectivity index (χ0v) is 19.8. The number of nitrogens with one attached hydrogen (secondary N) is 1. The van der Waals surface area contributed by atoms with Crippen LogP contribution in [0.5, 0.6) is 11.5 Å². The maximum absolute atomic E-state index is 12.3. The highest BCUT2D eigenvalue weighted by Gasteiger charge is 2.22. The fourth-order valence-electron chi connectivity index (χ4n) is 2.81. The number of carbonyl (C=O) groups is 1. The Morgan fingerprint density at radius 2 is 1.97 bits per heavy atom. The fourth-order valence-corrected chi connectivity index (χ4v) is 4.38. The van der Waals surface area contributed by atoms with E-state index in [1.54, 1.807) is 7.11 Å². The van der Waals surface area contributed by atoms with Crippen LogP contribution in [0.1, 0.15) is 50.7 Å². The Morgan fingerprint density at radius 1 is 1.19 bits per heavy atom. The molecule has 0 bridgehead atoms. The van der Waals surface area contributed by atoms with Crippen molar-refractivity contribution in [2.45, 2.75) is 51.4 Å². The molecule has 0 aliphatic carbocycles. The third-order valence-electron chi connectivity index (χ3n) is 4.27. The van der Waals surface area contributed by atoms with Crippen LogP contribution in [0.3, 0.4) is 0 Å². The molecule has 0 radical (unpaired) electrons. The van der Waals surface area contributed by atoms with Crippen molar-refractivity contribution in [2.24, 2.45) is 0 Å². The molecular formula is C20H26N6O3S2. The van der Waals surface area contributed by atoms with Gasteiger partial charge in [0, 0.05) is 12.1 Å². The molecule has 0 spiro atoms. The van der Waals surface area contributed by atoms with Gasteiger partial charge in [0.15, 0.2) is 17.1 Å².